The van der Waals surface area contributed by atoms with Crippen LogP contribution in [0.5, 0.6) is 0 Å². The van der Waals surface area contributed by atoms with Gasteiger partial charge in [0.05, 0.1) is 5.56 Å². The summed E-state index contributed by atoms with van der Waals surface area (Å²) in [6.07, 6.45) is -4.66. The van der Waals surface area contributed by atoms with E-state index < -0.39 is 43.6 Å². The molecule has 1 rings (SSSR count). The minimum Gasteiger partial charge on any atom is -0.480 e. The first kappa shape index (κ1) is 18.9. The number of carboxylic acids is 2. The molecule has 0 aliphatic carbocycles. The minimum atomic E-state index is -5.00. The lowest BCUT2D eigenvalue weighted by molar-refractivity contribution is -0.146. The highest BCUT2D eigenvalue weighted by atomic mass is 32.2. The number of alkyl halides is 3. The van der Waals surface area contributed by atoms with Crippen molar-refractivity contribution in [3.8, 4) is 0 Å². The van der Waals surface area contributed by atoms with Gasteiger partial charge in [0, 0.05) is 0 Å². The molecule has 0 bridgehead atoms. The van der Waals surface area contributed by atoms with Crippen LogP contribution in [0.1, 0.15) is 18.1 Å². The summed E-state index contributed by atoms with van der Waals surface area (Å²) in [5, 5.41) is 14.7. The highest BCUT2D eigenvalue weighted by Gasteiger charge is 2.50. The van der Waals surface area contributed by atoms with Crippen LogP contribution in [-0.4, -0.2) is 35.8 Å². The molecule has 0 spiro atoms. The van der Waals surface area contributed by atoms with E-state index in [2.05, 4.69) is 0 Å². The van der Waals surface area contributed by atoms with Crippen molar-refractivity contribution in [1.82, 2.24) is 0 Å². The van der Waals surface area contributed by atoms with Gasteiger partial charge in [0.25, 0.3) is 5.25 Å². The molecule has 1 atom stereocenters. The van der Waals surface area contributed by atoms with E-state index in [9.17, 15) is 31.2 Å². The predicted molar refractivity (Wildman–Crippen MR) is 71.0 cm³/mol. The number of hydrogen-bond acceptors (Lipinski definition) is 5. The number of carboxylic acid groups (broad SMARTS) is 2. The number of hydrogen-bond donors (Lipinski definition) is 3. The first-order valence-electron chi connectivity index (χ1n) is 5.88. The molecule has 7 nitrogen and oxygen atoms in total. The molecule has 1 aromatic rings. The second-order valence-electron chi connectivity index (χ2n) is 4.78. The van der Waals surface area contributed by atoms with Crippen LogP contribution in [-0.2, 0) is 30.5 Å². The summed E-state index contributed by atoms with van der Waals surface area (Å²) in [6, 6.07) is 2.63. The maximum atomic E-state index is 12.5. The third-order valence-electron chi connectivity index (χ3n) is 3.14. The highest BCUT2D eigenvalue weighted by molar-refractivity contribution is 7.94. The quantitative estimate of drug-likeness (QED) is 0.665. The monoisotopic (exact) mass is 355 g/mol. The van der Waals surface area contributed by atoms with E-state index in [0.29, 0.717) is 12.1 Å². The van der Waals surface area contributed by atoms with E-state index in [1.165, 1.54) is 0 Å². The van der Waals surface area contributed by atoms with Crippen molar-refractivity contribution in [3.63, 3.8) is 0 Å². The topological polar surface area (TPSA) is 135 Å². The maximum absolute atomic E-state index is 12.5. The molecule has 1 unspecified atom stereocenters. The molecule has 0 amide bonds. The molecule has 0 aliphatic rings. The van der Waals surface area contributed by atoms with Crippen LogP contribution in [0, 0.1) is 0 Å². The van der Waals surface area contributed by atoms with Gasteiger partial charge in [-0.15, -0.1) is 0 Å². The first-order valence-corrected chi connectivity index (χ1v) is 7.43. The standard InChI is InChI=1S/C12H12F3NO6S/c1-11(16,23(21,22)8(9(17)18)10(19)20)6-2-4-7(5-3-6)12(13,14)15/h2-5,8H,16H2,1H3,(H,17,18)(H,19,20). The van der Waals surface area contributed by atoms with Crippen LogP contribution in [0.2, 0.25) is 0 Å². The van der Waals surface area contributed by atoms with Crippen molar-refractivity contribution in [2.24, 2.45) is 5.73 Å². The van der Waals surface area contributed by atoms with Crippen LogP contribution in [0.4, 0.5) is 13.2 Å². The van der Waals surface area contributed by atoms with Crippen molar-refractivity contribution in [1.29, 1.82) is 0 Å². The van der Waals surface area contributed by atoms with Gasteiger partial charge in [-0.2, -0.15) is 13.2 Å². The Morgan fingerprint density at radius 3 is 1.70 bits per heavy atom. The summed E-state index contributed by atoms with van der Waals surface area (Å²) in [4.78, 5) is 19.3. The lowest BCUT2D eigenvalue weighted by Gasteiger charge is -2.27. The van der Waals surface area contributed by atoms with Gasteiger partial charge in [0.15, 0.2) is 9.84 Å². The van der Waals surface area contributed by atoms with Crippen LogP contribution in [0.15, 0.2) is 24.3 Å². The molecule has 0 fully saturated rings. The molecule has 23 heavy (non-hydrogen) atoms. The van der Waals surface area contributed by atoms with Crippen molar-refractivity contribution in [2.45, 2.75) is 23.2 Å². The lowest BCUT2D eigenvalue weighted by atomic mass is 10.1. The predicted octanol–water partition coefficient (Wildman–Crippen LogP) is 0.789. The molecular formula is C12H12F3NO6S. The van der Waals surface area contributed by atoms with Crippen molar-refractivity contribution in [2.75, 3.05) is 0 Å². The Balaban J connectivity index is 3.40. The zero-order valence-electron chi connectivity index (χ0n) is 11.5. The van der Waals surface area contributed by atoms with Gasteiger partial charge in [-0.1, -0.05) is 12.1 Å². The van der Waals surface area contributed by atoms with Gasteiger partial charge in [-0.05, 0) is 24.6 Å². The maximum Gasteiger partial charge on any atom is 0.416 e. The van der Waals surface area contributed by atoms with Crippen LogP contribution in [0.3, 0.4) is 0 Å². The third kappa shape index (κ3) is 3.45. The summed E-state index contributed by atoms with van der Waals surface area (Å²) in [6.45, 7) is 0.809. The molecule has 4 N–H and O–H groups in total. The van der Waals surface area contributed by atoms with Crippen molar-refractivity contribution >= 4 is 21.8 Å². The Morgan fingerprint density at radius 1 is 1.04 bits per heavy atom. The third-order valence-corrected chi connectivity index (χ3v) is 5.58. The number of carbonyl (C=O) groups is 2. The van der Waals surface area contributed by atoms with Crippen molar-refractivity contribution < 1.29 is 41.4 Å². The average molecular weight is 355 g/mol. The Morgan fingerprint density at radius 2 is 1.39 bits per heavy atom. The van der Waals surface area contributed by atoms with Gasteiger partial charge in [-0.3, -0.25) is 9.59 Å². The Bertz CT molecular complexity index is 710. The minimum absolute atomic E-state index is 0.377. The van der Waals surface area contributed by atoms with Crippen molar-refractivity contribution in [3.05, 3.63) is 35.4 Å². The molecule has 0 aromatic heterocycles. The second-order valence-corrected chi connectivity index (χ2v) is 7.19. The van der Waals surface area contributed by atoms with Gasteiger partial charge in [-0.25, -0.2) is 8.42 Å². The van der Waals surface area contributed by atoms with Gasteiger partial charge in [0.2, 0.25) is 0 Å². The van der Waals surface area contributed by atoms with E-state index in [1.54, 1.807) is 0 Å². The Kier molecular flexibility index (Phi) is 4.78. The highest BCUT2D eigenvalue weighted by Crippen LogP contribution is 2.33. The van der Waals surface area contributed by atoms with Crippen LogP contribution in [0.25, 0.3) is 0 Å². The molecule has 0 heterocycles. The molecule has 1 aromatic carbocycles. The molecule has 11 heteroatoms. The average Bonchev–Trinajstić information content (AvgIpc) is 2.36. The van der Waals surface area contributed by atoms with E-state index in [0.717, 1.165) is 19.1 Å². The number of halogens is 3. The summed E-state index contributed by atoms with van der Waals surface area (Å²) in [5.41, 5.74) is 4.11. The largest absolute Gasteiger partial charge is 0.480 e. The molecular weight excluding hydrogens is 343 g/mol. The normalized spacial score (nSPS) is 15.2. The molecule has 0 aliphatic heterocycles. The number of rotatable bonds is 5. The van der Waals surface area contributed by atoms with E-state index >= 15 is 0 Å². The number of nitrogens with two attached hydrogens (primary N) is 1. The second kappa shape index (κ2) is 5.81. The zero-order valence-corrected chi connectivity index (χ0v) is 12.4. The molecule has 0 radical (unpaired) electrons. The fourth-order valence-electron chi connectivity index (χ4n) is 1.77. The Hall–Kier alpha value is -2.14. The van der Waals surface area contributed by atoms with Gasteiger partial charge in [0.1, 0.15) is 4.87 Å². The molecule has 128 valence electrons. The van der Waals surface area contributed by atoms with E-state index in [4.69, 9.17) is 15.9 Å². The fourth-order valence-corrected chi connectivity index (χ4v) is 3.26. The number of aliphatic carboxylic acids is 2. The SMILES string of the molecule is CC(N)(c1ccc(C(F)(F)F)cc1)S(=O)(=O)C(C(=O)O)C(=O)O. The smallest absolute Gasteiger partial charge is 0.416 e. The number of sulfone groups is 1. The number of benzene rings is 1. The summed E-state index contributed by atoms with van der Waals surface area (Å²) < 4.78 is 61.9. The summed E-state index contributed by atoms with van der Waals surface area (Å²) in [5.74, 6) is -4.30. The first-order chi connectivity index (χ1) is 10.2. The van der Waals surface area contributed by atoms with Gasteiger partial charge >= 0.3 is 18.1 Å². The lowest BCUT2D eigenvalue weighted by Crippen LogP contribution is -2.52. The van der Waals surface area contributed by atoms with E-state index in [1.807, 2.05) is 0 Å². The fraction of sp³-hybridized carbons (Fsp3) is 0.333. The summed E-state index contributed by atoms with van der Waals surface area (Å²) >= 11 is 0. The van der Waals surface area contributed by atoms with E-state index in [-0.39, 0.29) is 5.56 Å². The van der Waals surface area contributed by atoms with Gasteiger partial charge < -0.3 is 15.9 Å². The zero-order chi connectivity index (χ0) is 18.2. The molecule has 0 saturated heterocycles. The van der Waals surface area contributed by atoms with Crippen LogP contribution >= 0.6 is 0 Å². The Labute approximate surface area is 128 Å². The van der Waals surface area contributed by atoms with Crippen LogP contribution < -0.4 is 5.73 Å². The summed E-state index contributed by atoms with van der Waals surface area (Å²) in [7, 11) is -5.00. The molecule has 0 saturated carbocycles.